The molecule has 128 valence electrons. The molecule has 8 heteroatoms. The lowest BCUT2D eigenvalue weighted by atomic mass is 10.1. The Balaban J connectivity index is 2.39. The molecule has 0 aliphatic heterocycles. The van der Waals surface area contributed by atoms with E-state index in [0.29, 0.717) is 10.2 Å². The van der Waals surface area contributed by atoms with Crippen molar-refractivity contribution < 1.29 is 13.2 Å². The Labute approximate surface area is 158 Å². The van der Waals surface area contributed by atoms with E-state index in [0.717, 1.165) is 14.3 Å². The number of nitrogens with zero attached hydrogens (tertiary/aromatic N) is 1. The minimum absolute atomic E-state index is 0.0473. The summed E-state index contributed by atoms with van der Waals surface area (Å²) in [5.74, 6) is -0.376. The van der Waals surface area contributed by atoms with Crippen LogP contribution < -0.4 is 5.32 Å². The van der Waals surface area contributed by atoms with E-state index in [9.17, 15) is 13.2 Å². The zero-order valence-corrected chi connectivity index (χ0v) is 17.3. The molecular formula is C16H16Br2N2O3S. The van der Waals surface area contributed by atoms with Crippen LogP contribution in [0.2, 0.25) is 0 Å². The molecular weight excluding hydrogens is 460 g/mol. The van der Waals surface area contributed by atoms with Gasteiger partial charge in [0.25, 0.3) is 5.91 Å². The summed E-state index contributed by atoms with van der Waals surface area (Å²) < 4.78 is 27.0. The highest BCUT2D eigenvalue weighted by Crippen LogP contribution is 2.26. The van der Waals surface area contributed by atoms with Gasteiger partial charge in [-0.15, -0.1) is 0 Å². The molecule has 0 saturated heterocycles. The Bertz CT molecular complexity index is 896. The third kappa shape index (κ3) is 4.05. The van der Waals surface area contributed by atoms with Crippen LogP contribution in [0.3, 0.4) is 0 Å². The van der Waals surface area contributed by atoms with Crippen molar-refractivity contribution in [2.45, 2.75) is 11.8 Å². The quantitative estimate of drug-likeness (QED) is 0.726. The average Bonchev–Trinajstić information content (AvgIpc) is 2.50. The number of hydrogen-bond donors (Lipinski definition) is 1. The van der Waals surface area contributed by atoms with Crippen LogP contribution in [0.1, 0.15) is 15.9 Å². The fourth-order valence-electron chi connectivity index (χ4n) is 1.96. The van der Waals surface area contributed by atoms with E-state index in [-0.39, 0.29) is 16.4 Å². The topological polar surface area (TPSA) is 66.5 Å². The standard InChI is InChI=1S/C16H16Br2N2O3S/c1-10-4-6-12(17)9-14(10)19-16(21)11-5-7-13(18)15(8-11)24(22,23)20(2)3/h4-9H,1-3H3,(H,19,21). The van der Waals surface area contributed by atoms with Crippen molar-refractivity contribution in [2.24, 2.45) is 0 Å². The van der Waals surface area contributed by atoms with Crippen LogP contribution in [-0.2, 0) is 10.0 Å². The molecule has 0 radical (unpaired) electrons. The first-order valence-electron chi connectivity index (χ1n) is 6.92. The van der Waals surface area contributed by atoms with Gasteiger partial charge >= 0.3 is 0 Å². The molecule has 2 aromatic rings. The first kappa shape index (κ1) is 19.1. The van der Waals surface area contributed by atoms with Gasteiger partial charge in [0.2, 0.25) is 10.0 Å². The number of rotatable bonds is 4. The molecule has 0 saturated carbocycles. The highest BCUT2D eigenvalue weighted by Gasteiger charge is 2.22. The fourth-order valence-corrected chi connectivity index (χ4v) is 4.17. The van der Waals surface area contributed by atoms with Crippen LogP contribution in [0.5, 0.6) is 0 Å². The van der Waals surface area contributed by atoms with E-state index in [2.05, 4.69) is 37.2 Å². The number of halogens is 2. The zero-order valence-electron chi connectivity index (χ0n) is 13.3. The molecule has 1 amide bonds. The Kier molecular flexibility index (Phi) is 5.85. The fraction of sp³-hybridized carbons (Fsp3) is 0.188. The molecule has 24 heavy (non-hydrogen) atoms. The van der Waals surface area contributed by atoms with Crippen LogP contribution in [0.25, 0.3) is 0 Å². The molecule has 0 fully saturated rings. The largest absolute Gasteiger partial charge is 0.322 e. The van der Waals surface area contributed by atoms with E-state index in [4.69, 9.17) is 0 Å². The van der Waals surface area contributed by atoms with Gasteiger partial charge in [0, 0.05) is 34.3 Å². The number of carbonyl (C=O) groups excluding carboxylic acids is 1. The highest BCUT2D eigenvalue weighted by molar-refractivity contribution is 9.10. The lowest BCUT2D eigenvalue weighted by Crippen LogP contribution is -2.23. The Hall–Kier alpha value is -1.22. The van der Waals surface area contributed by atoms with Gasteiger partial charge in [-0.25, -0.2) is 12.7 Å². The number of benzene rings is 2. The van der Waals surface area contributed by atoms with Gasteiger partial charge in [-0.3, -0.25) is 4.79 Å². The minimum atomic E-state index is -3.65. The first-order chi connectivity index (χ1) is 11.1. The minimum Gasteiger partial charge on any atom is -0.322 e. The monoisotopic (exact) mass is 474 g/mol. The van der Waals surface area contributed by atoms with Crippen LogP contribution in [0, 0.1) is 6.92 Å². The molecule has 0 atom stereocenters. The molecule has 0 spiro atoms. The van der Waals surface area contributed by atoms with Crippen molar-refractivity contribution in [1.82, 2.24) is 4.31 Å². The average molecular weight is 476 g/mol. The van der Waals surface area contributed by atoms with Gasteiger partial charge in [0.15, 0.2) is 0 Å². The van der Waals surface area contributed by atoms with E-state index in [1.807, 2.05) is 19.1 Å². The van der Waals surface area contributed by atoms with Crippen molar-refractivity contribution in [3.63, 3.8) is 0 Å². The number of anilines is 1. The molecule has 2 aromatic carbocycles. The Morgan fingerprint density at radius 1 is 1.08 bits per heavy atom. The molecule has 0 aliphatic rings. The smallest absolute Gasteiger partial charge is 0.255 e. The molecule has 0 bridgehead atoms. The van der Waals surface area contributed by atoms with E-state index < -0.39 is 10.0 Å². The molecule has 0 heterocycles. The van der Waals surface area contributed by atoms with Crippen LogP contribution >= 0.6 is 31.9 Å². The van der Waals surface area contributed by atoms with Crippen LogP contribution in [0.4, 0.5) is 5.69 Å². The predicted molar refractivity (Wildman–Crippen MR) is 102 cm³/mol. The lowest BCUT2D eigenvalue weighted by Gasteiger charge is -2.14. The third-order valence-electron chi connectivity index (χ3n) is 3.40. The Morgan fingerprint density at radius 2 is 1.75 bits per heavy atom. The van der Waals surface area contributed by atoms with E-state index >= 15 is 0 Å². The molecule has 0 aromatic heterocycles. The van der Waals surface area contributed by atoms with Gasteiger partial charge in [0.1, 0.15) is 0 Å². The van der Waals surface area contributed by atoms with Gasteiger partial charge in [-0.1, -0.05) is 22.0 Å². The van der Waals surface area contributed by atoms with Crippen LogP contribution in [0.15, 0.2) is 50.2 Å². The summed E-state index contributed by atoms with van der Waals surface area (Å²) in [6.07, 6.45) is 0. The number of carbonyl (C=O) groups is 1. The summed E-state index contributed by atoms with van der Waals surface area (Å²) in [5.41, 5.74) is 1.83. The third-order valence-corrected chi connectivity index (χ3v) is 6.70. The van der Waals surface area contributed by atoms with Crippen LogP contribution in [-0.4, -0.2) is 32.7 Å². The number of hydrogen-bond acceptors (Lipinski definition) is 3. The second-order valence-electron chi connectivity index (χ2n) is 5.35. The summed E-state index contributed by atoms with van der Waals surface area (Å²) in [7, 11) is -0.765. The summed E-state index contributed by atoms with van der Waals surface area (Å²) in [6.45, 7) is 1.88. The van der Waals surface area contributed by atoms with Gasteiger partial charge in [-0.05, 0) is 58.7 Å². The molecule has 0 aliphatic carbocycles. The molecule has 5 nitrogen and oxygen atoms in total. The number of amides is 1. The van der Waals surface area contributed by atoms with Crippen molar-refractivity contribution in [2.75, 3.05) is 19.4 Å². The number of nitrogens with one attached hydrogen (secondary N) is 1. The summed E-state index contributed by atoms with van der Waals surface area (Å²) >= 11 is 6.59. The lowest BCUT2D eigenvalue weighted by molar-refractivity contribution is 0.102. The second kappa shape index (κ2) is 7.35. The maximum atomic E-state index is 12.5. The van der Waals surface area contributed by atoms with E-state index in [1.165, 1.54) is 20.2 Å². The molecule has 0 unspecified atom stereocenters. The van der Waals surface area contributed by atoms with Gasteiger partial charge in [-0.2, -0.15) is 0 Å². The van der Waals surface area contributed by atoms with Gasteiger partial charge in [0.05, 0.1) is 4.90 Å². The Morgan fingerprint density at radius 3 is 2.38 bits per heavy atom. The number of aryl methyl sites for hydroxylation is 1. The second-order valence-corrected chi connectivity index (χ2v) is 9.24. The molecule has 1 N–H and O–H groups in total. The van der Waals surface area contributed by atoms with Crippen molar-refractivity contribution in [3.05, 3.63) is 56.5 Å². The van der Waals surface area contributed by atoms with Crippen molar-refractivity contribution >= 4 is 53.5 Å². The van der Waals surface area contributed by atoms with E-state index in [1.54, 1.807) is 18.2 Å². The van der Waals surface area contributed by atoms with Gasteiger partial charge < -0.3 is 5.32 Å². The molecule has 2 rings (SSSR count). The van der Waals surface area contributed by atoms with Crippen molar-refractivity contribution in [3.8, 4) is 0 Å². The SMILES string of the molecule is Cc1ccc(Br)cc1NC(=O)c1ccc(Br)c(S(=O)(=O)N(C)C)c1. The zero-order chi connectivity index (χ0) is 18.1. The maximum absolute atomic E-state index is 12.5. The summed E-state index contributed by atoms with van der Waals surface area (Å²) in [6, 6.07) is 10.0. The van der Waals surface area contributed by atoms with Crippen molar-refractivity contribution in [1.29, 1.82) is 0 Å². The first-order valence-corrected chi connectivity index (χ1v) is 9.95. The summed E-state index contributed by atoms with van der Waals surface area (Å²) in [4.78, 5) is 12.5. The highest BCUT2D eigenvalue weighted by atomic mass is 79.9. The maximum Gasteiger partial charge on any atom is 0.255 e. The predicted octanol–water partition coefficient (Wildman–Crippen LogP) is 4.02. The summed E-state index contributed by atoms with van der Waals surface area (Å²) in [5, 5.41) is 2.80. The normalized spacial score (nSPS) is 11.6. The number of sulfonamides is 1.